The van der Waals surface area contributed by atoms with E-state index < -0.39 is 0 Å². The predicted octanol–water partition coefficient (Wildman–Crippen LogP) is 3.44. The Morgan fingerprint density at radius 2 is 2.13 bits per heavy atom. The maximum absolute atomic E-state index is 12.3. The van der Waals surface area contributed by atoms with E-state index in [1.807, 2.05) is 19.2 Å². The molecule has 0 aliphatic heterocycles. The molecule has 0 aromatic carbocycles. The molecule has 3 rings (SSSR count). The van der Waals surface area contributed by atoms with E-state index in [9.17, 15) is 4.79 Å². The molecule has 7 heteroatoms. The third-order valence-corrected chi connectivity index (χ3v) is 4.85. The molecule has 0 saturated heterocycles. The summed E-state index contributed by atoms with van der Waals surface area (Å²) in [6.45, 7) is 3.80. The second kappa shape index (κ2) is 6.54. The maximum atomic E-state index is 12.3. The first kappa shape index (κ1) is 15.7. The first-order chi connectivity index (χ1) is 11.1. The van der Waals surface area contributed by atoms with Crippen LogP contribution in [0, 0.1) is 19.8 Å². The highest BCUT2D eigenvalue weighted by molar-refractivity contribution is 7.09. The number of carbonyl (C=O) groups is 1. The molecule has 0 spiro atoms. The number of rotatable bonds is 5. The molecular weight excluding hydrogens is 312 g/mol. The van der Waals surface area contributed by atoms with Crippen LogP contribution >= 0.6 is 11.3 Å². The average Bonchev–Trinajstić information content (AvgIpc) is 3.28. The fourth-order valence-corrected chi connectivity index (χ4v) is 3.35. The fraction of sp³-hybridized carbons (Fsp3) is 0.438. The van der Waals surface area contributed by atoms with Crippen LogP contribution in [0.3, 0.4) is 0 Å². The van der Waals surface area contributed by atoms with Gasteiger partial charge in [0.25, 0.3) is 0 Å². The number of anilines is 1. The molecule has 0 radical (unpaired) electrons. The van der Waals surface area contributed by atoms with Gasteiger partial charge in [-0.2, -0.15) is 0 Å². The van der Waals surface area contributed by atoms with Gasteiger partial charge in [0.2, 0.25) is 5.88 Å². The Labute approximate surface area is 139 Å². The van der Waals surface area contributed by atoms with E-state index in [1.54, 1.807) is 30.6 Å². The summed E-state index contributed by atoms with van der Waals surface area (Å²) in [5.41, 5.74) is 2.38. The summed E-state index contributed by atoms with van der Waals surface area (Å²) in [7, 11) is 1.57. The van der Waals surface area contributed by atoms with Gasteiger partial charge in [-0.1, -0.05) is 0 Å². The highest BCUT2D eigenvalue weighted by atomic mass is 32.1. The Bertz CT molecular complexity index is 712. The zero-order chi connectivity index (χ0) is 16.4. The lowest BCUT2D eigenvalue weighted by molar-refractivity contribution is 0.247. The van der Waals surface area contributed by atoms with Crippen molar-refractivity contribution in [2.24, 2.45) is 5.92 Å². The maximum Gasteiger partial charge on any atom is 0.319 e. The number of nitrogens with zero attached hydrogens (tertiary/aromatic N) is 2. The van der Waals surface area contributed by atoms with Crippen LogP contribution in [0.15, 0.2) is 17.5 Å². The van der Waals surface area contributed by atoms with Crippen LogP contribution in [0.25, 0.3) is 0 Å². The Morgan fingerprint density at radius 3 is 2.70 bits per heavy atom. The summed E-state index contributed by atoms with van der Waals surface area (Å²) >= 11 is 1.60. The van der Waals surface area contributed by atoms with E-state index >= 15 is 0 Å². The average molecular weight is 332 g/mol. The number of urea groups is 1. The molecule has 2 amide bonds. The zero-order valence-electron chi connectivity index (χ0n) is 13.4. The van der Waals surface area contributed by atoms with Crippen LogP contribution in [0.2, 0.25) is 0 Å². The Hall–Kier alpha value is -2.15. The number of thiazole rings is 1. The van der Waals surface area contributed by atoms with Gasteiger partial charge < -0.3 is 15.4 Å². The number of methoxy groups -OCH3 is 1. The lowest BCUT2D eigenvalue weighted by Gasteiger charge is -2.17. The van der Waals surface area contributed by atoms with Crippen LogP contribution in [0.1, 0.15) is 35.3 Å². The standard InChI is InChI=1S/C16H20N4O2S/c1-9-8-23-15(17-9)14(11-4-5-11)20-16(21)19-12-6-7-13(22-3)18-10(12)2/h6-8,11,14H,4-5H2,1-3H3,(H2,19,20,21)/t14-/m1/s1. The first-order valence-electron chi connectivity index (χ1n) is 7.58. The van der Waals surface area contributed by atoms with E-state index in [4.69, 9.17) is 4.74 Å². The smallest absolute Gasteiger partial charge is 0.319 e. The minimum absolute atomic E-state index is 0.0137. The van der Waals surface area contributed by atoms with E-state index in [0.717, 1.165) is 23.5 Å². The van der Waals surface area contributed by atoms with Crippen molar-refractivity contribution in [1.29, 1.82) is 0 Å². The molecule has 2 heterocycles. The van der Waals surface area contributed by atoms with Crippen LogP contribution in [0.5, 0.6) is 5.88 Å². The van der Waals surface area contributed by atoms with Crippen LogP contribution in [-0.4, -0.2) is 23.1 Å². The van der Waals surface area contributed by atoms with Crippen molar-refractivity contribution in [2.45, 2.75) is 32.7 Å². The topological polar surface area (TPSA) is 76.1 Å². The number of aryl methyl sites for hydroxylation is 2. The van der Waals surface area contributed by atoms with E-state index in [0.29, 0.717) is 23.2 Å². The largest absolute Gasteiger partial charge is 0.481 e. The molecule has 122 valence electrons. The molecule has 2 aromatic heterocycles. The lowest BCUT2D eigenvalue weighted by Crippen LogP contribution is -2.34. The Kier molecular flexibility index (Phi) is 4.47. The van der Waals surface area contributed by atoms with Crippen molar-refractivity contribution in [3.63, 3.8) is 0 Å². The molecule has 0 unspecified atom stereocenters. The number of aromatic nitrogens is 2. The quantitative estimate of drug-likeness (QED) is 0.879. The van der Waals surface area contributed by atoms with Gasteiger partial charge in [-0.05, 0) is 38.7 Å². The highest BCUT2D eigenvalue weighted by Gasteiger charge is 2.35. The summed E-state index contributed by atoms with van der Waals surface area (Å²) < 4.78 is 5.07. The molecule has 2 aromatic rings. The number of amides is 2. The molecular formula is C16H20N4O2S. The SMILES string of the molecule is COc1ccc(NC(=O)N[C@@H](c2nc(C)cs2)C2CC2)c(C)n1. The van der Waals surface area contributed by atoms with Crippen molar-refractivity contribution in [2.75, 3.05) is 12.4 Å². The summed E-state index contributed by atoms with van der Waals surface area (Å²) in [5, 5.41) is 8.90. The molecule has 23 heavy (non-hydrogen) atoms. The molecule has 1 aliphatic carbocycles. The summed E-state index contributed by atoms with van der Waals surface area (Å²) in [6.07, 6.45) is 2.26. The number of hydrogen-bond donors (Lipinski definition) is 2. The van der Waals surface area contributed by atoms with Gasteiger partial charge in [0.15, 0.2) is 0 Å². The van der Waals surface area contributed by atoms with Gasteiger partial charge in [-0.15, -0.1) is 11.3 Å². The lowest BCUT2D eigenvalue weighted by atomic mass is 10.2. The monoisotopic (exact) mass is 332 g/mol. The van der Waals surface area contributed by atoms with Crippen molar-refractivity contribution >= 4 is 23.1 Å². The van der Waals surface area contributed by atoms with E-state index in [2.05, 4.69) is 20.6 Å². The second-order valence-corrected chi connectivity index (χ2v) is 6.62. The minimum Gasteiger partial charge on any atom is -0.481 e. The van der Waals surface area contributed by atoms with Gasteiger partial charge in [0.05, 0.1) is 24.5 Å². The number of hydrogen-bond acceptors (Lipinski definition) is 5. The number of carbonyl (C=O) groups excluding carboxylic acids is 1. The zero-order valence-corrected chi connectivity index (χ0v) is 14.2. The van der Waals surface area contributed by atoms with Crippen molar-refractivity contribution in [3.8, 4) is 5.88 Å². The van der Waals surface area contributed by atoms with Gasteiger partial charge in [0, 0.05) is 17.1 Å². The predicted molar refractivity (Wildman–Crippen MR) is 90.0 cm³/mol. The number of ether oxygens (including phenoxy) is 1. The third-order valence-electron chi connectivity index (χ3n) is 3.80. The molecule has 1 fully saturated rings. The van der Waals surface area contributed by atoms with E-state index in [-0.39, 0.29) is 12.1 Å². The van der Waals surface area contributed by atoms with Gasteiger partial charge in [0.1, 0.15) is 5.01 Å². The fourth-order valence-electron chi connectivity index (χ4n) is 2.41. The van der Waals surface area contributed by atoms with Crippen molar-refractivity contribution in [3.05, 3.63) is 33.9 Å². The summed E-state index contributed by atoms with van der Waals surface area (Å²) in [6, 6.07) is 3.27. The minimum atomic E-state index is -0.232. The number of pyridine rings is 1. The third kappa shape index (κ3) is 3.79. The summed E-state index contributed by atoms with van der Waals surface area (Å²) in [4.78, 5) is 21.1. The van der Waals surface area contributed by atoms with Crippen molar-refractivity contribution in [1.82, 2.24) is 15.3 Å². The molecule has 2 N–H and O–H groups in total. The first-order valence-corrected chi connectivity index (χ1v) is 8.46. The van der Waals surface area contributed by atoms with Crippen molar-refractivity contribution < 1.29 is 9.53 Å². The van der Waals surface area contributed by atoms with Gasteiger partial charge >= 0.3 is 6.03 Å². The molecule has 1 aliphatic rings. The van der Waals surface area contributed by atoms with Crippen LogP contribution < -0.4 is 15.4 Å². The second-order valence-electron chi connectivity index (χ2n) is 5.73. The van der Waals surface area contributed by atoms with Crippen LogP contribution in [0.4, 0.5) is 10.5 Å². The Balaban J connectivity index is 1.68. The normalized spacial score (nSPS) is 15.1. The highest BCUT2D eigenvalue weighted by Crippen LogP contribution is 2.41. The van der Waals surface area contributed by atoms with Gasteiger partial charge in [-0.3, -0.25) is 0 Å². The van der Waals surface area contributed by atoms with E-state index in [1.165, 1.54) is 0 Å². The Morgan fingerprint density at radius 1 is 1.35 bits per heavy atom. The molecule has 0 bridgehead atoms. The molecule has 6 nitrogen and oxygen atoms in total. The number of nitrogens with one attached hydrogen (secondary N) is 2. The van der Waals surface area contributed by atoms with Crippen LogP contribution in [-0.2, 0) is 0 Å². The molecule has 1 saturated carbocycles. The summed E-state index contributed by atoms with van der Waals surface area (Å²) in [5.74, 6) is 1.02. The van der Waals surface area contributed by atoms with Gasteiger partial charge in [-0.25, -0.2) is 14.8 Å². The molecule has 1 atom stereocenters.